The van der Waals surface area contributed by atoms with E-state index in [0.717, 1.165) is 11.0 Å². The van der Waals surface area contributed by atoms with Crippen molar-refractivity contribution in [3.8, 4) is 0 Å². The molecule has 1 aliphatic heterocycles. The molecule has 21 heavy (non-hydrogen) atoms. The fourth-order valence-electron chi connectivity index (χ4n) is 2.05. The van der Waals surface area contributed by atoms with Gasteiger partial charge in [0.05, 0.1) is 23.5 Å². The van der Waals surface area contributed by atoms with E-state index < -0.39 is 7.12 Å². The third kappa shape index (κ3) is 3.35. The molecule has 1 aromatic heterocycles. The quantitative estimate of drug-likeness (QED) is 0.823. The molecule has 1 aliphatic rings. The van der Waals surface area contributed by atoms with E-state index in [0.29, 0.717) is 12.2 Å². The summed E-state index contributed by atoms with van der Waals surface area (Å²) in [5, 5.41) is 9.01. The van der Waals surface area contributed by atoms with E-state index in [1.54, 1.807) is 12.3 Å². The van der Waals surface area contributed by atoms with E-state index in [4.69, 9.17) is 20.1 Å². The van der Waals surface area contributed by atoms with Crippen molar-refractivity contribution in [2.75, 3.05) is 6.54 Å². The summed E-state index contributed by atoms with van der Waals surface area (Å²) >= 11 is 0. The van der Waals surface area contributed by atoms with Gasteiger partial charge in [0.15, 0.2) is 0 Å². The Morgan fingerprint density at radius 1 is 1.29 bits per heavy atom. The van der Waals surface area contributed by atoms with Crippen LogP contribution in [0.4, 0.5) is 0 Å². The molecule has 1 aromatic rings. The second-order valence-electron chi connectivity index (χ2n) is 6.25. The topological polar surface area (TPSA) is 77.6 Å². The minimum Gasteiger partial charge on any atom is -0.400 e. The molecule has 114 valence electrons. The summed E-state index contributed by atoms with van der Waals surface area (Å²) in [5.41, 5.74) is 7.49. The Hall–Kier alpha value is -1.21. The van der Waals surface area contributed by atoms with Gasteiger partial charge in [0.25, 0.3) is 0 Å². The largest absolute Gasteiger partial charge is 0.491 e. The van der Waals surface area contributed by atoms with Crippen molar-refractivity contribution in [3.63, 3.8) is 0 Å². The highest BCUT2D eigenvalue weighted by molar-refractivity contribution is 6.55. The molecule has 0 radical (unpaired) electrons. The van der Waals surface area contributed by atoms with Crippen LogP contribution < -0.4 is 5.73 Å². The third-order valence-electron chi connectivity index (χ3n) is 4.15. The van der Waals surface area contributed by atoms with Crippen LogP contribution in [0.3, 0.4) is 0 Å². The van der Waals surface area contributed by atoms with E-state index in [9.17, 15) is 0 Å². The summed E-state index contributed by atoms with van der Waals surface area (Å²) in [6.07, 6.45) is 3.63. The van der Waals surface area contributed by atoms with Crippen LogP contribution in [-0.2, 0) is 15.9 Å². The summed E-state index contributed by atoms with van der Waals surface area (Å²) in [5.74, 6) is 0. The number of hydrogen-bond acceptors (Lipinski definition) is 5. The van der Waals surface area contributed by atoms with E-state index in [-0.39, 0.29) is 17.8 Å². The van der Waals surface area contributed by atoms with E-state index in [2.05, 4.69) is 4.98 Å². The minimum atomic E-state index is -0.447. The molecular weight excluding hydrogens is 267 g/mol. The molecule has 0 bridgehead atoms. The SMILES string of the molecule is CC1(C)OB(C(=Cc2ccc(CO)nc2)CN)OC1(C)C. The maximum atomic E-state index is 9.01. The smallest absolute Gasteiger partial charge is 0.400 e. The molecule has 1 saturated heterocycles. The predicted molar refractivity (Wildman–Crippen MR) is 83.3 cm³/mol. The van der Waals surface area contributed by atoms with Gasteiger partial charge in [0, 0.05) is 12.7 Å². The number of rotatable bonds is 4. The highest BCUT2D eigenvalue weighted by atomic mass is 16.7. The van der Waals surface area contributed by atoms with Gasteiger partial charge in [-0.3, -0.25) is 4.98 Å². The second-order valence-corrected chi connectivity index (χ2v) is 6.25. The van der Waals surface area contributed by atoms with E-state index in [1.807, 2.05) is 39.8 Å². The zero-order valence-corrected chi connectivity index (χ0v) is 13.1. The highest BCUT2D eigenvalue weighted by Crippen LogP contribution is 2.38. The van der Waals surface area contributed by atoms with Gasteiger partial charge in [-0.1, -0.05) is 12.1 Å². The summed E-state index contributed by atoms with van der Waals surface area (Å²) < 4.78 is 12.0. The van der Waals surface area contributed by atoms with E-state index >= 15 is 0 Å². The molecule has 0 amide bonds. The first kappa shape index (κ1) is 16.2. The first-order valence-corrected chi connectivity index (χ1v) is 7.11. The van der Waals surface area contributed by atoms with Crippen LogP contribution in [0.2, 0.25) is 0 Å². The number of nitrogens with two attached hydrogens (primary N) is 1. The highest BCUT2D eigenvalue weighted by Gasteiger charge is 2.52. The Morgan fingerprint density at radius 3 is 2.33 bits per heavy atom. The molecule has 2 heterocycles. The zero-order valence-electron chi connectivity index (χ0n) is 13.1. The number of hydrogen-bond donors (Lipinski definition) is 2. The van der Waals surface area contributed by atoms with Crippen molar-refractivity contribution in [1.82, 2.24) is 4.98 Å². The van der Waals surface area contributed by atoms with Gasteiger partial charge >= 0.3 is 7.12 Å². The van der Waals surface area contributed by atoms with Crippen molar-refractivity contribution in [3.05, 3.63) is 35.1 Å². The average molecular weight is 290 g/mol. The Balaban J connectivity index is 2.22. The molecule has 0 spiro atoms. The zero-order chi connectivity index (χ0) is 15.7. The van der Waals surface area contributed by atoms with Gasteiger partial charge in [0.2, 0.25) is 0 Å². The van der Waals surface area contributed by atoms with Gasteiger partial charge in [-0.25, -0.2) is 0 Å². The maximum absolute atomic E-state index is 9.01. The molecule has 3 N–H and O–H groups in total. The van der Waals surface area contributed by atoms with Crippen molar-refractivity contribution < 1.29 is 14.4 Å². The van der Waals surface area contributed by atoms with Gasteiger partial charge in [-0.15, -0.1) is 0 Å². The van der Waals surface area contributed by atoms with Crippen LogP contribution in [-0.4, -0.2) is 35.0 Å². The van der Waals surface area contributed by atoms with Crippen molar-refractivity contribution in [1.29, 1.82) is 0 Å². The molecular formula is C15H23BN2O3. The van der Waals surface area contributed by atoms with Crippen LogP contribution in [0.1, 0.15) is 39.0 Å². The lowest BCUT2D eigenvalue weighted by molar-refractivity contribution is 0.00578. The van der Waals surface area contributed by atoms with Crippen LogP contribution in [0, 0.1) is 0 Å². The fraction of sp³-hybridized carbons (Fsp3) is 0.533. The number of aliphatic hydroxyl groups is 1. The molecule has 6 heteroatoms. The molecule has 0 unspecified atom stereocenters. The Morgan fingerprint density at radius 2 is 1.90 bits per heavy atom. The molecule has 5 nitrogen and oxygen atoms in total. The van der Waals surface area contributed by atoms with Crippen molar-refractivity contribution >= 4 is 13.2 Å². The molecule has 1 fully saturated rings. The summed E-state index contributed by atoms with van der Waals surface area (Å²) in [7, 11) is -0.447. The van der Waals surface area contributed by atoms with E-state index in [1.165, 1.54) is 0 Å². The van der Waals surface area contributed by atoms with Gasteiger partial charge in [-0.2, -0.15) is 0 Å². The van der Waals surface area contributed by atoms with Crippen LogP contribution in [0.15, 0.2) is 23.8 Å². The van der Waals surface area contributed by atoms with Crippen molar-refractivity contribution in [2.45, 2.75) is 45.5 Å². The normalized spacial score (nSPS) is 20.9. The predicted octanol–water partition coefficient (Wildman–Crippen LogP) is 1.55. The average Bonchev–Trinajstić information content (AvgIpc) is 2.65. The monoisotopic (exact) mass is 290 g/mol. The Labute approximate surface area is 126 Å². The summed E-state index contributed by atoms with van der Waals surface area (Å²) in [6.45, 7) is 8.33. The summed E-state index contributed by atoms with van der Waals surface area (Å²) in [6, 6.07) is 3.67. The Kier molecular flexibility index (Phi) is 4.53. The van der Waals surface area contributed by atoms with Crippen LogP contribution in [0.5, 0.6) is 0 Å². The minimum absolute atomic E-state index is 0.0645. The first-order valence-electron chi connectivity index (χ1n) is 7.11. The summed E-state index contributed by atoms with van der Waals surface area (Å²) in [4.78, 5) is 4.15. The number of aromatic nitrogens is 1. The molecule has 0 saturated carbocycles. The lowest BCUT2D eigenvalue weighted by Crippen LogP contribution is -2.41. The van der Waals surface area contributed by atoms with Gasteiger partial charge in [0.1, 0.15) is 0 Å². The molecule has 0 aromatic carbocycles. The third-order valence-corrected chi connectivity index (χ3v) is 4.15. The van der Waals surface area contributed by atoms with Gasteiger partial charge < -0.3 is 20.1 Å². The molecule has 2 rings (SSSR count). The second kappa shape index (κ2) is 5.89. The number of aliphatic hydroxyl groups excluding tert-OH is 1. The maximum Gasteiger partial charge on any atom is 0.491 e. The lowest BCUT2D eigenvalue weighted by atomic mass is 9.77. The van der Waals surface area contributed by atoms with Crippen LogP contribution >= 0.6 is 0 Å². The Bertz CT molecular complexity index is 510. The van der Waals surface area contributed by atoms with Gasteiger partial charge in [-0.05, 0) is 44.8 Å². The number of nitrogens with zero attached hydrogens (tertiary/aromatic N) is 1. The lowest BCUT2D eigenvalue weighted by Gasteiger charge is -2.32. The molecule has 0 atom stereocenters. The van der Waals surface area contributed by atoms with Crippen LogP contribution in [0.25, 0.3) is 6.08 Å². The fourth-order valence-corrected chi connectivity index (χ4v) is 2.05. The van der Waals surface area contributed by atoms with Crippen molar-refractivity contribution in [2.24, 2.45) is 5.73 Å². The standard InChI is InChI=1S/C15H23BN2O3/c1-14(2)15(3,4)21-16(20-14)12(8-17)7-11-5-6-13(10-19)18-9-11/h5-7,9,19H,8,10,17H2,1-4H3. The first-order chi connectivity index (χ1) is 9.79. The number of pyridine rings is 1. The molecule has 0 aliphatic carbocycles.